The first-order valence-corrected chi connectivity index (χ1v) is 9.49. The van der Waals surface area contributed by atoms with Crippen LogP contribution in [0.3, 0.4) is 0 Å². The molecule has 2 amide bonds. The summed E-state index contributed by atoms with van der Waals surface area (Å²) >= 11 is 0. The molecule has 2 fully saturated rings. The molecule has 1 aliphatic heterocycles. The summed E-state index contributed by atoms with van der Waals surface area (Å²) in [7, 11) is 0. The number of halogens is 5. The van der Waals surface area contributed by atoms with Crippen molar-refractivity contribution in [3.63, 3.8) is 0 Å². The highest BCUT2D eigenvalue weighted by Crippen LogP contribution is 2.65. The molecule has 6 nitrogen and oxygen atoms in total. The van der Waals surface area contributed by atoms with E-state index in [1.165, 1.54) is 11.0 Å². The number of alkyl halides is 5. The standard InChI is InChI=1S/C19H19F5N4O2/c1-2-11(16(30)28-4-3-17(9-28)8-18(17,20)21)27-15(29)12-5-10-6-14(19(22,23)24)25-7-13(10)26-12/h5-7,11,26H,2-4,8-9H2,1H3,(H,27,29)/t11-,17-/m1/s1. The van der Waals surface area contributed by atoms with E-state index in [4.69, 9.17) is 0 Å². The summed E-state index contributed by atoms with van der Waals surface area (Å²) in [6.07, 6.45) is -3.39. The van der Waals surface area contributed by atoms with E-state index in [1.54, 1.807) is 6.92 Å². The molecule has 1 aliphatic carbocycles. The van der Waals surface area contributed by atoms with Crippen molar-refractivity contribution < 1.29 is 31.5 Å². The summed E-state index contributed by atoms with van der Waals surface area (Å²) in [6.45, 7) is 1.84. The third-order valence-electron chi connectivity index (χ3n) is 5.93. The van der Waals surface area contributed by atoms with Crippen molar-refractivity contribution in [1.29, 1.82) is 0 Å². The summed E-state index contributed by atoms with van der Waals surface area (Å²) in [4.78, 5) is 32.6. The topological polar surface area (TPSA) is 78.1 Å². The molecule has 2 N–H and O–H groups in total. The average molecular weight is 430 g/mol. The highest BCUT2D eigenvalue weighted by Gasteiger charge is 2.73. The molecule has 11 heteroatoms. The third-order valence-corrected chi connectivity index (χ3v) is 5.93. The molecule has 0 unspecified atom stereocenters. The Labute approximate surface area is 167 Å². The number of fused-ring (bicyclic) bond motifs is 1. The van der Waals surface area contributed by atoms with Gasteiger partial charge in [-0.2, -0.15) is 13.2 Å². The predicted octanol–water partition coefficient (Wildman–Crippen LogP) is 3.35. The Morgan fingerprint density at radius 3 is 2.60 bits per heavy atom. The lowest BCUT2D eigenvalue weighted by Gasteiger charge is -2.23. The van der Waals surface area contributed by atoms with Crippen LogP contribution in [0.25, 0.3) is 10.9 Å². The molecule has 0 bridgehead atoms. The Hall–Kier alpha value is -2.72. The van der Waals surface area contributed by atoms with Crippen LogP contribution in [0.5, 0.6) is 0 Å². The van der Waals surface area contributed by atoms with Crippen LogP contribution in [0.4, 0.5) is 22.0 Å². The fourth-order valence-electron chi connectivity index (χ4n) is 3.99. The Morgan fingerprint density at radius 2 is 2.03 bits per heavy atom. The van der Waals surface area contributed by atoms with E-state index in [0.717, 1.165) is 12.3 Å². The molecule has 0 aromatic carbocycles. The number of hydrogen-bond acceptors (Lipinski definition) is 3. The second-order valence-corrected chi connectivity index (χ2v) is 7.94. The largest absolute Gasteiger partial charge is 0.433 e. The molecule has 1 saturated heterocycles. The van der Waals surface area contributed by atoms with Gasteiger partial charge < -0.3 is 15.2 Å². The SMILES string of the molecule is CC[C@@H](NC(=O)c1cc2cc(C(F)(F)F)ncc2[nH]1)C(=O)N1CC[C@]2(C1)CC2(F)F. The highest BCUT2D eigenvalue weighted by atomic mass is 19.4. The number of nitrogens with zero attached hydrogens (tertiary/aromatic N) is 2. The van der Waals surface area contributed by atoms with E-state index in [-0.39, 0.29) is 48.9 Å². The van der Waals surface area contributed by atoms with Crippen LogP contribution >= 0.6 is 0 Å². The van der Waals surface area contributed by atoms with Crippen molar-refractivity contribution in [3.05, 3.63) is 29.7 Å². The molecule has 2 aromatic rings. The first-order valence-electron chi connectivity index (χ1n) is 9.49. The minimum atomic E-state index is -4.61. The average Bonchev–Trinajstić information content (AvgIpc) is 3.04. The molecular formula is C19H19F5N4O2. The molecule has 3 heterocycles. The van der Waals surface area contributed by atoms with Crippen LogP contribution in [-0.2, 0) is 11.0 Å². The van der Waals surface area contributed by atoms with Crippen molar-refractivity contribution in [3.8, 4) is 0 Å². The van der Waals surface area contributed by atoms with Gasteiger partial charge in [0.25, 0.3) is 11.8 Å². The zero-order valence-electron chi connectivity index (χ0n) is 15.9. The normalized spacial score (nSPS) is 23.7. The highest BCUT2D eigenvalue weighted by molar-refractivity contribution is 6.00. The second-order valence-electron chi connectivity index (χ2n) is 7.94. The maximum absolute atomic E-state index is 13.6. The summed E-state index contributed by atoms with van der Waals surface area (Å²) in [6, 6.07) is 1.15. The fraction of sp³-hybridized carbons (Fsp3) is 0.526. The summed E-state index contributed by atoms with van der Waals surface area (Å²) in [5, 5.41) is 2.69. The molecule has 0 radical (unpaired) electrons. The third kappa shape index (κ3) is 3.39. The number of aromatic amines is 1. The summed E-state index contributed by atoms with van der Waals surface area (Å²) in [5.41, 5.74) is -2.00. The number of likely N-dealkylation sites (tertiary alicyclic amines) is 1. The minimum Gasteiger partial charge on any atom is -0.349 e. The van der Waals surface area contributed by atoms with Gasteiger partial charge in [0, 0.05) is 24.9 Å². The van der Waals surface area contributed by atoms with Gasteiger partial charge in [-0.05, 0) is 25.0 Å². The monoisotopic (exact) mass is 430 g/mol. The minimum absolute atomic E-state index is 0.0241. The zero-order chi connectivity index (χ0) is 21.9. The lowest BCUT2D eigenvalue weighted by molar-refractivity contribution is -0.141. The lowest BCUT2D eigenvalue weighted by atomic mass is 10.1. The smallest absolute Gasteiger partial charge is 0.349 e. The Kier molecular flexibility index (Phi) is 4.55. The van der Waals surface area contributed by atoms with Crippen molar-refractivity contribution in [1.82, 2.24) is 20.2 Å². The molecule has 2 atom stereocenters. The maximum Gasteiger partial charge on any atom is 0.433 e. The van der Waals surface area contributed by atoms with Gasteiger partial charge in [0.2, 0.25) is 5.91 Å². The second kappa shape index (κ2) is 6.64. The predicted molar refractivity (Wildman–Crippen MR) is 95.8 cm³/mol. The van der Waals surface area contributed by atoms with Crippen LogP contribution in [-0.4, -0.2) is 51.7 Å². The molecule has 1 spiro atoms. The van der Waals surface area contributed by atoms with Crippen molar-refractivity contribution in [2.75, 3.05) is 13.1 Å². The van der Waals surface area contributed by atoms with E-state index in [2.05, 4.69) is 15.3 Å². The number of carbonyl (C=O) groups excluding carboxylic acids is 2. The molecule has 162 valence electrons. The number of H-pyrrole nitrogens is 1. The first-order chi connectivity index (χ1) is 14.0. The Balaban J connectivity index is 1.46. The maximum atomic E-state index is 13.6. The van der Waals surface area contributed by atoms with E-state index in [1.807, 2.05) is 0 Å². The lowest BCUT2D eigenvalue weighted by Crippen LogP contribution is -2.47. The Bertz CT molecular complexity index is 1020. The number of rotatable bonds is 4. The van der Waals surface area contributed by atoms with Gasteiger partial charge in [-0.25, -0.2) is 13.8 Å². The first kappa shape index (κ1) is 20.5. The van der Waals surface area contributed by atoms with Gasteiger partial charge in [0.15, 0.2) is 0 Å². The van der Waals surface area contributed by atoms with Crippen LogP contribution in [0, 0.1) is 5.41 Å². The van der Waals surface area contributed by atoms with Gasteiger partial charge in [0.05, 0.1) is 17.1 Å². The van der Waals surface area contributed by atoms with Crippen LogP contribution in [0.15, 0.2) is 18.3 Å². The molecule has 1 saturated carbocycles. The van der Waals surface area contributed by atoms with E-state index in [0.29, 0.717) is 0 Å². The van der Waals surface area contributed by atoms with Crippen molar-refractivity contribution in [2.45, 2.75) is 44.3 Å². The zero-order valence-corrected chi connectivity index (χ0v) is 15.9. The summed E-state index contributed by atoms with van der Waals surface area (Å²) < 4.78 is 65.5. The number of hydrogen-bond donors (Lipinski definition) is 2. The van der Waals surface area contributed by atoms with E-state index in [9.17, 15) is 31.5 Å². The number of carbonyl (C=O) groups is 2. The molecule has 2 aliphatic rings. The van der Waals surface area contributed by atoms with Crippen molar-refractivity contribution >= 4 is 22.7 Å². The van der Waals surface area contributed by atoms with Gasteiger partial charge >= 0.3 is 6.18 Å². The van der Waals surface area contributed by atoms with Crippen LogP contribution in [0.2, 0.25) is 0 Å². The van der Waals surface area contributed by atoms with Crippen LogP contribution < -0.4 is 5.32 Å². The number of nitrogens with one attached hydrogen (secondary N) is 2. The van der Waals surface area contributed by atoms with Crippen molar-refractivity contribution in [2.24, 2.45) is 5.41 Å². The summed E-state index contributed by atoms with van der Waals surface area (Å²) in [5.74, 6) is -3.87. The molecule has 2 aromatic heterocycles. The van der Waals surface area contributed by atoms with E-state index >= 15 is 0 Å². The van der Waals surface area contributed by atoms with Gasteiger partial charge in [-0.3, -0.25) is 9.59 Å². The molecule has 30 heavy (non-hydrogen) atoms. The van der Waals surface area contributed by atoms with E-state index < -0.39 is 41.1 Å². The number of aromatic nitrogens is 2. The van der Waals surface area contributed by atoms with Gasteiger partial charge in [-0.15, -0.1) is 0 Å². The van der Waals surface area contributed by atoms with Crippen LogP contribution in [0.1, 0.15) is 42.4 Å². The molecule has 4 rings (SSSR count). The number of amides is 2. The quantitative estimate of drug-likeness (QED) is 0.731. The fourth-order valence-corrected chi connectivity index (χ4v) is 3.99. The van der Waals surface area contributed by atoms with Gasteiger partial charge in [-0.1, -0.05) is 6.92 Å². The van der Waals surface area contributed by atoms with Gasteiger partial charge in [0.1, 0.15) is 17.4 Å². The Morgan fingerprint density at radius 1 is 1.33 bits per heavy atom. The molecular weight excluding hydrogens is 411 g/mol. The number of pyridine rings is 1.